The molecule has 0 aliphatic heterocycles. The summed E-state index contributed by atoms with van der Waals surface area (Å²) in [6.07, 6.45) is -1.83. The largest absolute Gasteiger partial charge is 0.508 e. The SMILES string of the molecule is Cc1cc(O)c(C(O)C(=O)O)cc1O. The zero-order chi connectivity index (χ0) is 10.9. The first kappa shape index (κ1) is 10.3. The molecule has 1 rings (SSSR count). The first-order chi connectivity index (χ1) is 6.43. The van der Waals surface area contributed by atoms with E-state index in [2.05, 4.69) is 0 Å². The number of carboxylic acid groups (broad SMARTS) is 1. The minimum absolute atomic E-state index is 0.168. The Morgan fingerprint density at radius 1 is 1.29 bits per heavy atom. The van der Waals surface area contributed by atoms with Crippen molar-refractivity contribution in [2.45, 2.75) is 13.0 Å². The van der Waals surface area contributed by atoms with E-state index in [0.29, 0.717) is 5.56 Å². The Hall–Kier alpha value is -1.75. The van der Waals surface area contributed by atoms with E-state index in [-0.39, 0.29) is 17.1 Å². The quantitative estimate of drug-likeness (QED) is 0.519. The van der Waals surface area contributed by atoms with Crippen molar-refractivity contribution < 1.29 is 25.2 Å². The van der Waals surface area contributed by atoms with Gasteiger partial charge in [0.05, 0.1) is 0 Å². The number of aliphatic hydroxyl groups excluding tert-OH is 1. The molecule has 5 heteroatoms. The number of rotatable bonds is 2. The number of aromatic hydroxyl groups is 2. The summed E-state index contributed by atoms with van der Waals surface area (Å²) in [5.41, 5.74) is 0.185. The summed E-state index contributed by atoms with van der Waals surface area (Å²) >= 11 is 0. The van der Waals surface area contributed by atoms with E-state index in [1.165, 1.54) is 6.07 Å². The average Bonchev–Trinajstić information content (AvgIpc) is 2.10. The second kappa shape index (κ2) is 3.55. The molecule has 0 amide bonds. The molecule has 0 bridgehead atoms. The van der Waals surface area contributed by atoms with Crippen LogP contribution in [-0.4, -0.2) is 26.4 Å². The number of phenolic OH excluding ortho intramolecular Hbond substituents is 2. The third-order valence-electron chi connectivity index (χ3n) is 1.87. The Kier molecular flexibility index (Phi) is 2.62. The first-order valence-electron chi connectivity index (χ1n) is 3.87. The lowest BCUT2D eigenvalue weighted by Gasteiger charge is -2.09. The van der Waals surface area contributed by atoms with Gasteiger partial charge in [-0.25, -0.2) is 4.79 Å². The molecule has 76 valence electrons. The number of carbonyl (C=O) groups is 1. The molecule has 0 aliphatic carbocycles. The predicted octanol–water partition coefficient (Wildman–Crippen LogP) is 0.524. The van der Waals surface area contributed by atoms with Crippen LogP contribution >= 0.6 is 0 Å². The zero-order valence-electron chi connectivity index (χ0n) is 7.43. The van der Waals surface area contributed by atoms with Gasteiger partial charge in [-0.2, -0.15) is 0 Å². The van der Waals surface area contributed by atoms with Crippen molar-refractivity contribution in [3.05, 3.63) is 23.3 Å². The second-order valence-corrected chi connectivity index (χ2v) is 2.94. The summed E-state index contributed by atoms with van der Waals surface area (Å²) in [5, 5.41) is 36.1. The number of carboxylic acids is 1. The number of hydrogen-bond donors (Lipinski definition) is 4. The third-order valence-corrected chi connectivity index (χ3v) is 1.87. The summed E-state index contributed by atoms with van der Waals surface area (Å²) in [6, 6.07) is 2.22. The summed E-state index contributed by atoms with van der Waals surface area (Å²) in [4.78, 5) is 10.4. The summed E-state index contributed by atoms with van der Waals surface area (Å²) in [7, 11) is 0. The fraction of sp³-hybridized carbons (Fsp3) is 0.222. The monoisotopic (exact) mass is 198 g/mol. The van der Waals surface area contributed by atoms with Crippen LogP contribution in [0.15, 0.2) is 12.1 Å². The van der Waals surface area contributed by atoms with Crippen LogP contribution in [0, 0.1) is 6.92 Å². The Balaban J connectivity index is 3.22. The maximum atomic E-state index is 10.4. The van der Waals surface area contributed by atoms with Crippen LogP contribution in [0.2, 0.25) is 0 Å². The van der Waals surface area contributed by atoms with E-state index in [9.17, 15) is 15.0 Å². The average molecular weight is 198 g/mol. The molecule has 14 heavy (non-hydrogen) atoms. The van der Waals surface area contributed by atoms with Crippen LogP contribution in [0.3, 0.4) is 0 Å². The summed E-state index contributed by atoms with van der Waals surface area (Å²) < 4.78 is 0. The number of aryl methyl sites for hydroxylation is 1. The predicted molar refractivity (Wildman–Crippen MR) is 47.1 cm³/mol. The van der Waals surface area contributed by atoms with Crippen LogP contribution in [0.4, 0.5) is 0 Å². The van der Waals surface area contributed by atoms with Crippen molar-refractivity contribution in [2.75, 3.05) is 0 Å². The van der Waals surface area contributed by atoms with Crippen molar-refractivity contribution in [1.82, 2.24) is 0 Å². The maximum Gasteiger partial charge on any atom is 0.337 e. The number of aliphatic hydroxyl groups is 1. The zero-order valence-corrected chi connectivity index (χ0v) is 7.43. The summed E-state index contributed by atoms with van der Waals surface area (Å²) in [6.45, 7) is 1.55. The van der Waals surface area contributed by atoms with Crippen molar-refractivity contribution >= 4 is 5.97 Å². The van der Waals surface area contributed by atoms with Crippen molar-refractivity contribution in [1.29, 1.82) is 0 Å². The Bertz CT molecular complexity index is 372. The minimum atomic E-state index is -1.83. The van der Waals surface area contributed by atoms with Crippen molar-refractivity contribution in [3.63, 3.8) is 0 Å². The van der Waals surface area contributed by atoms with Gasteiger partial charge in [0.25, 0.3) is 0 Å². The van der Waals surface area contributed by atoms with E-state index in [4.69, 9.17) is 10.2 Å². The van der Waals surface area contributed by atoms with E-state index in [1.54, 1.807) is 6.92 Å². The molecular weight excluding hydrogens is 188 g/mol. The fourth-order valence-electron chi connectivity index (χ4n) is 1.05. The number of phenols is 2. The molecule has 0 radical (unpaired) electrons. The molecule has 0 fully saturated rings. The topological polar surface area (TPSA) is 98.0 Å². The second-order valence-electron chi connectivity index (χ2n) is 2.94. The molecule has 1 aromatic rings. The van der Waals surface area contributed by atoms with Gasteiger partial charge in [0, 0.05) is 5.56 Å². The van der Waals surface area contributed by atoms with Gasteiger partial charge in [-0.05, 0) is 24.6 Å². The third kappa shape index (κ3) is 1.77. The number of benzene rings is 1. The molecule has 0 aliphatic rings. The van der Waals surface area contributed by atoms with E-state index >= 15 is 0 Å². The fourth-order valence-corrected chi connectivity index (χ4v) is 1.05. The molecule has 0 saturated heterocycles. The molecule has 4 N–H and O–H groups in total. The normalized spacial score (nSPS) is 12.4. The van der Waals surface area contributed by atoms with Gasteiger partial charge in [0.2, 0.25) is 0 Å². The van der Waals surface area contributed by atoms with Crippen molar-refractivity contribution in [3.8, 4) is 11.5 Å². The van der Waals surface area contributed by atoms with Gasteiger partial charge >= 0.3 is 5.97 Å². The highest BCUT2D eigenvalue weighted by molar-refractivity contribution is 5.75. The lowest BCUT2D eigenvalue weighted by molar-refractivity contribution is -0.147. The van der Waals surface area contributed by atoms with Crippen LogP contribution in [-0.2, 0) is 4.79 Å². The van der Waals surface area contributed by atoms with Gasteiger partial charge in [-0.3, -0.25) is 0 Å². The van der Waals surface area contributed by atoms with Crippen LogP contribution in [0.25, 0.3) is 0 Å². The molecule has 0 spiro atoms. The molecular formula is C9H10O5. The minimum Gasteiger partial charge on any atom is -0.508 e. The molecule has 5 nitrogen and oxygen atoms in total. The first-order valence-corrected chi connectivity index (χ1v) is 3.87. The standard InChI is InChI=1S/C9H10O5/c1-4-2-7(11)5(3-6(4)10)8(12)9(13)14/h2-3,8,10-12H,1H3,(H,13,14). The van der Waals surface area contributed by atoms with E-state index in [0.717, 1.165) is 6.07 Å². The highest BCUT2D eigenvalue weighted by Gasteiger charge is 2.20. The highest BCUT2D eigenvalue weighted by Crippen LogP contribution is 2.30. The lowest BCUT2D eigenvalue weighted by atomic mass is 10.1. The van der Waals surface area contributed by atoms with Crippen LogP contribution < -0.4 is 0 Å². The van der Waals surface area contributed by atoms with Crippen LogP contribution in [0.5, 0.6) is 11.5 Å². The van der Waals surface area contributed by atoms with Gasteiger partial charge in [-0.1, -0.05) is 0 Å². The van der Waals surface area contributed by atoms with E-state index < -0.39 is 12.1 Å². The van der Waals surface area contributed by atoms with Crippen molar-refractivity contribution in [2.24, 2.45) is 0 Å². The molecule has 1 unspecified atom stereocenters. The van der Waals surface area contributed by atoms with Gasteiger partial charge < -0.3 is 20.4 Å². The van der Waals surface area contributed by atoms with E-state index in [1.807, 2.05) is 0 Å². The van der Waals surface area contributed by atoms with Gasteiger partial charge in [0.1, 0.15) is 11.5 Å². The van der Waals surface area contributed by atoms with Gasteiger partial charge in [0.15, 0.2) is 6.10 Å². The number of hydrogen-bond acceptors (Lipinski definition) is 4. The molecule has 1 aromatic carbocycles. The van der Waals surface area contributed by atoms with Gasteiger partial charge in [-0.15, -0.1) is 0 Å². The molecule has 0 heterocycles. The Morgan fingerprint density at radius 2 is 1.86 bits per heavy atom. The molecule has 0 saturated carbocycles. The Labute approximate surface area is 79.9 Å². The number of aliphatic carboxylic acids is 1. The maximum absolute atomic E-state index is 10.4. The highest BCUT2D eigenvalue weighted by atomic mass is 16.4. The molecule has 1 atom stereocenters. The summed E-state index contributed by atoms with van der Waals surface area (Å²) in [5.74, 6) is -2.00. The smallest absolute Gasteiger partial charge is 0.337 e. The molecule has 0 aromatic heterocycles. The van der Waals surface area contributed by atoms with Crippen LogP contribution in [0.1, 0.15) is 17.2 Å². The Morgan fingerprint density at radius 3 is 2.36 bits per heavy atom. The lowest BCUT2D eigenvalue weighted by Crippen LogP contribution is -2.10.